The average Bonchev–Trinajstić information content (AvgIpc) is 2.53. The van der Waals surface area contributed by atoms with Crippen molar-refractivity contribution in [1.29, 1.82) is 0 Å². The highest BCUT2D eigenvalue weighted by molar-refractivity contribution is 5.94. The number of urea groups is 1. The summed E-state index contributed by atoms with van der Waals surface area (Å²) in [5.41, 5.74) is 2.81. The Balaban J connectivity index is 2.19. The molecule has 110 valence electrons. The lowest BCUT2D eigenvalue weighted by atomic mass is 10.2. The summed E-state index contributed by atoms with van der Waals surface area (Å²) in [6.07, 6.45) is 0.916. The Morgan fingerprint density at radius 1 is 1.05 bits per heavy atom. The van der Waals surface area contributed by atoms with Crippen LogP contribution in [0.5, 0.6) is 0 Å². The van der Waals surface area contributed by atoms with E-state index in [-0.39, 0.29) is 6.03 Å². The molecule has 21 heavy (non-hydrogen) atoms. The Morgan fingerprint density at radius 2 is 1.71 bits per heavy atom. The third-order valence-corrected chi connectivity index (χ3v) is 3.19. The van der Waals surface area contributed by atoms with Gasteiger partial charge in [-0.15, -0.1) is 0 Å². The fourth-order valence-electron chi connectivity index (χ4n) is 2.07. The number of nitrogens with one attached hydrogen (secondary N) is 2. The van der Waals surface area contributed by atoms with E-state index in [1.807, 2.05) is 68.6 Å². The molecule has 0 bridgehead atoms. The zero-order valence-corrected chi connectivity index (χ0v) is 12.5. The molecule has 0 saturated carbocycles. The molecule has 0 atom stereocenters. The lowest BCUT2D eigenvalue weighted by molar-refractivity contribution is 0.252. The van der Waals surface area contributed by atoms with Crippen molar-refractivity contribution in [3.8, 4) is 0 Å². The van der Waals surface area contributed by atoms with Gasteiger partial charge >= 0.3 is 6.03 Å². The molecule has 2 rings (SSSR count). The van der Waals surface area contributed by atoms with Crippen LogP contribution in [-0.2, 0) is 0 Å². The molecule has 0 aliphatic carbocycles. The molecule has 2 N–H and O–H groups in total. The van der Waals surface area contributed by atoms with Gasteiger partial charge in [-0.1, -0.05) is 37.3 Å². The molecule has 0 unspecified atom stereocenters. The number of carbonyl (C=O) groups excluding carboxylic acids is 1. The van der Waals surface area contributed by atoms with Crippen molar-refractivity contribution in [2.45, 2.75) is 13.3 Å². The molecule has 0 spiro atoms. The highest BCUT2D eigenvalue weighted by Gasteiger charge is 2.10. The van der Waals surface area contributed by atoms with Gasteiger partial charge in [0.15, 0.2) is 0 Å². The zero-order chi connectivity index (χ0) is 15.1. The summed E-state index contributed by atoms with van der Waals surface area (Å²) in [7, 11) is 1.99. The second-order valence-corrected chi connectivity index (χ2v) is 4.79. The molecule has 0 aliphatic rings. The summed E-state index contributed by atoms with van der Waals surface area (Å²) in [5, 5.41) is 5.72. The predicted octanol–water partition coefficient (Wildman–Crippen LogP) is 3.99. The highest BCUT2D eigenvalue weighted by Crippen LogP contribution is 2.30. The first kappa shape index (κ1) is 14.9. The molecule has 0 heterocycles. The minimum atomic E-state index is -0.175. The van der Waals surface area contributed by atoms with Crippen molar-refractivity contribution in [2.24, 2.45) is 0 Å². The van der Waals surface area contributed by atoms with Gasteiger partial charge in [0.2, 0.25) is 0 Å². The minimum Gasteiger partial charge on any atom is -0.343 e. The second kappa shape index (κ2) is 7.33. The maximum Gasteiger partial charge on any atom is 0.319 e. The number of benzene rings is 2. The van der Waals surface area contributed by atoms with Gasteiger partial charge in [0.05, 0.1) is 11.4 Å². The molecule has 4 nitrogen and oxygen atoms in total. The number of hydrogen-bond donors (Lipinski definition) is 2. The van der Waals surface area contributed by atoms with E-state index < -0.39 is 0 Å². The molecule has 0 aromatic heterocycles. The van der Waals surface area contributed by atoms with E-state index in [0.29, 0.717) is 6.54 Å². The van der Waals surface area contributed by atoms with Crippen molar-refractivity contribution >= 4 is 23.1 Å². The first-order chi connectivity index (χ1) is 10.2. The van der Waals surface area contributed by atoms with Crippen LogP contribution in [0.4, 0.5) is 21.9 Å². The second-order valence-electron chi connectivity index (χ2n) is 4.79. The summed E-state index contributed by atoms with van der Waals surface area (Å²) < 4.78 is 0. The van der Waals surface area contributed by atoms with E-state index in [1.54, 1.807) is 0 Å². The van der Waals surface area contributed by atoms with Crippen LogP contribution in [0.2, 0.25) is 0 Å². The normalized spacial score (nSPS) is 10.0. The van der Waals surface area contributed by atoms with Gasteiger partial charge < -0.3 is 15.5 Å². The average molecular weight is 283 g/mol. The number of para-hydroxylation sites is 3. The Morgan fingerprint density at radius 3 is 2.43 bits per heavy atom. The lowest BCUT2D eigenvalue weighted by Crippen LogP contribution is -2.29. The van der Waals surface area contributed by atoms with Crippen LogP contribution in [0, 0.1) is 0 Å². The SMILES string of the molecule is CCCNC(=O)Nc1ccccc1N(C)c1ccccc1. The largest absolute Gasteiger partial charge is 0.343 e. The Hall–Kier alpha value is -2.49. The van der Waals surface area contributed by atoms with E-state index in [9.17, 15) is 4.79 Å². The molecule has 0 aliphatic heterocycles. The summed E-state index contributed by atoms with van der Waals surface area (Å²) in [6, 6.07) is 17.6. The Kier molecular flexibility index (Phi) is 5.21. The van der Waals surface area contributed by atoms with Crippen LogP contribution in [0.3, 0.4) is 0 Å². The lowest BCUT2D eigenvalue weighted by Gasteiger charge is -2.22. The Labute approximate surface area is 125 Å². The molecular formula is C17H21N3O. The van der Waals surface area contributed by atoms with Crippen molar-refractivity contribution in [3.05, 3.63) is 54.6 Å². The van der Waals surface area contributed by atoms with E-state index in [0.717, 1.165) is 23.5 Å². The van der Waals surface area contributed by atoms with Crippen LogP contribution < -0.4 is 15.5 Å². The van der Waals surface area contributed by atoms with Crippen LogP contribution >= 0.6 is 0 Å². The van der Waals surface area contributed by atoms with Gasteiger partial charge in [-0.25, -0.2) is 4.79 Å². The van der Waals surface area contributed by atoms with E-state index in [2.05, 4.69) is 15.5 Å². The number of hydrogen-bond acceptors (Lipinski definition) is 2. The van der Waals surface area contributed by atoms with Crippen molar-refractivity contribution in [3.63, 3.8) is 0 Å². The first-order valence-corrected chi connectivity index (χ1v) is 7.15. The van der Waals surface area contributed by atoms with Crippen LogP contribution in [-0.4, -0.2) is 19.6 Å². The quantitative estimate of drug-likeness (QED) is 0.871. The summed E-state index contributed by atoms with van der Waals surface area (Å²) in [4.78, 5) is 13.9. The number of carbonyl (C=O) groups is 1. The van der Waals surface area contributed by atoms with Gasteiger partial charge in [0.1, 0.15) is 0 Å². The van der Waals surface area contributed by atoms with E-state index in [1.165, 1.54) is 0 Å². The fraction of sp³-hybridized carbons (Fsp3) is 0.235. The summed E-state index contributed by atoms with van der Waals surface area (Å²) in [5.74, 6) is 0. The molecule has 0 radical (unpaired) electrons. The van der Waals surface area contributed by atoms with Gasteiger partial charge in [0.25, 0.3) is 0 Å². The van der Waals surface area contributed by atoms with Crippen molar-refractivity contribution < 1.29 is 4.79 Å². The molecule has 0 fully saturated rings. The molecule has 2 aromatic carbocycles. The smallest absolute Gasteiger partial charge is 0.319 e. The first-order valence-electron chi connectivity index (χ1n) is 7.15. The standard InChI is InChI=1S/C17H21N3O/c1-3-13-18-17(21)19-15-11-7-8-12-16(15)20(2)14-9-5-4-6-10-14/h4-12H,3,13H2,1-2H3,(H2,18,19,21). The molecule has 2 aromatic rings. The number of rotatable bonds is 5. The highest BCUT2D eigenvalue weighted by atomic mass is 16.2. The minimum absolute atomic E-state index is 0.175. The number of nitrogens with zero attached hydrogens (tertiary/aromatic N) is 1. The molecule has 0 saturated heterocycles. The third-order valence-electron chi connectivity index (χ3n) is 3.19. The van der Waals surface area contributed by atoms with Gasteiger partial charge in [-0.3, -0.25) is 0 Å². The molecule has 2 amide bonds. The van der Waals surface area contributed by atoms with Crippen molar-refractivity contribution in [1.82, 2.24) is 5.32 Å². The summed E-state index contributed by atoms with van der Waals surface area (Å²) >= 11 is 0. The van der Waals surface area contributed by atoms with Crippen LogP contribution in [0.15, 0.2) is 54.6 Å². The molecule has 4 heteroatoms. The number of anilines is 3. The Bertz CT molecular complexity index is 584. The predicted molar refractivity (Wildman–Crippen MR) is 88.3 cm³/mol. The molecular weight excluding hydrogens is 262 g/mol. The number of amides is 2. The topological polar surface area (TPSA) is 44.4 Å². The van der Waals surface area contributed by atoms with Gasteiger partial charge in [-0.2, -0.15) is 0 Å². The van der Waals surface area contributed by atoms with Gasteiger partial charge in [-0.05, 0) is 30.7 Å². The van der Waals surface area contributed by atoms with E-state index >= 15 is 0 Å². The van der Waals surface area contributed by atoms with Crippen LogP contribution in [0.1, 0.15) is 13.3 Å². The fourth-order valence-corrected chi connectivity index (χ4v) is 2.07. The van der Waals surface area contributed by atoms with Gasteiger partial charge in [0, 0.05) is 19.3 Å². The maximum absolute atomic E-state index is 11.8. The van der Waals surface area contributed by atoms with Crippen LogP contribution in [0.25, 0.3) is 0 Å². The maximum atomic E-state index is 11.8. The van der Waals surface area contributed by atoms with Crippen molar-refractivity contribution in [2.75, 3.05) is 23.8 Å². The zero-order valence-electron chi connectivity index (χ0n) is 12.5. The summed E-state index contributed by atoms with van der Waals surface area (Å²) in [6.45, 7) is 2.69. The third kappa shape index (κ3) is 3.99. The van der Waals surface area contributed by atoms with E-state index in [4.69, 9.17) is 0 Å². The monoisotopic (exact) mass is 283 g/mol.